The average Bonchev–Trinajstić information content (AvgIpc) is 2.98. The Morgan fingerprint density at radius 3 is 3.15 bits per heavy atom. The number of nitrogens with one attached hydrogen (secondary N) is 2. The van der Waals surface area contributed by atoms with Crippen molar-refractivity contribution in [3.05, 3.63) is 36.5 Å². The maximum absolute atomic E-state index is 11.8. The number of benzene rings is 1. The third kappa shape index (κ3) is 3.05. The smallest absolute Gasteiger partial charge is 0.319 e. The van der Waals surface area contributed by atoms with Gasteiger partial charge < -0.3 is 15.4 Å². The first kappa shape index (κ1) is 12.9. The van der Waals surface area contributed by atoms with Crippen molar-refractivity contribution in [2.75, 3.05) is 18.5 Å². The first-order chi connectivity index (χ1) is 9.81. The molecule has 1 aromatic heterocycles. The number of anilines is 1. The lowest BCUT2D eigenvalue weighted by atomic mass is 10.2. The van der Waals surface area contributed by atoms with Gasteiger partial charge in [-0.15, -0.1) is 0 Å². The molecule has 1 aromatic carbocycles. The van der Waals surface area contributed by atoms with E-state index in [1.807, 2.05) is 30.3 Å². The van der Waals surface area contributed by atoms with Crippen molar-refractivity contribution in [2.45, 2.75) is 18.9 Å². The topological polar surface area (TPSA) is 63.2 Å². The van der Waals surface area contributed by atoms with Gasteiger partial charge in [0.1, 0.15) is 0 Å². The summed E-state index contributed by atoms with van der Waals surface area (Å²) in [6.07, 6.45) is 3.89. The van der Waals surface area contributed by atoms with Crippen LogP contribution in [0.15, 0.2) is 36.5 Å². The van der Waals surface area contributed by atoms with Crippen molar-refractivity contribution < 1.29 is 9.53 Å². The second kappa shape index (κ2) is 5.88. The third-order valence-corrected chi connectivity index (χ3v) is 3.36. The molecule has 0 spiro atoms. The molecular weight excluding hydrogens is 254 g/mol. The van der Waals surface area contributed by atoms with Gasteiger partial charge in [0, 0.05) is 18.5 Å². The van der Waals surface area contributed by atoms with Gasteiger partial charge in [0.05, 0.1) is 23.5 Å². The highest BCUT2D eigenvalue weighted by Crippen LogP contribution is 2.16. The van der Waals surface area contributed by atoms with Gasteiger partial charge in [-0.25, -0.2) is 4.79 Å². The summed E-state index contributed by atoms with van der Waals surface area (Å²) in [5.74, 6) is 0. The van der Waals surface area contributed by atoms with Gasteiger partial charge in [0.25, 0.3) is 0 Å². The van der Waals surface area contributed by atoms with E-state index < -0.39 is 0 Å². The minimum absolute atomic E-state index is 0.149. The Labute approximate surface area is 117 Å². The predicted molar refractivity (Wildman–Crippen MR) is 77.7 cm³/mol. The number of hydrogen-bond donors (Lipinski definition) is 2. The summed E-state index contributed by atoms with van der Waals surface area (Å²) in [5.41, 5.74) is 1.60. The molecule has 3 rings (SSSR count). The first-order valence-electron chi connectivity index (χ1n) is 6.82. The zero-order valence-corrected chi connectivity index (χ0v) is 11.1. The standard InChI is InChI=1S/C15H17N3O2/c19-15(17-10-13-5-3-7-20-13)18-12-8-11-4-1-2-6-14(11)16-9-12/h1-2,4,6,8-9,13H,3,5,7,10H2,(H2,17,18,19). The molecular formula is C15H17N3O2. The number of urea groups is 1. The Balaban J connectivity index is 1.59. The minimum Gasteiger partial charge on any atom is -0.376 e. The van der Waals surface area contributed by atoms with E-state index in [1.165, 1.54) is 0 Å². The monoisotopic (exact) mass is 271 g/mol. The van der Waals surface area contributed by atoms with Crippen LogP contribution in [0.4, 0.5) is 10.5 Å². The van der Waals surface area contributed by atoms with E-state index in [4.69, 9.17) is 4.74 Å². The molecule has 2 heterocycles. The highest BCUT2D eigenvalue weighted by Gasteiger charge is 2.16. The number of carbonyl (C=O) groups is 1. The van der Waals surface area contributed by atoms with E-state index in [9.17, 15) is 4.79 Å². The van der Waals surface area contributed by atoms with Gasteiger partial charge in [0.15, 0.2) is 0 Å². The number of hydrogen-bond acceptors (Lipinski definition) is 3. The molecule has 2 aromatic rings. The van der Waals surface area contributed by atoms with Crippen LogP contribution in [0.25, 0.3) is 10.9 Å². The second-order valence-corrected chi connectivity index (χ2v) is 4.89. The molecule has 0 radical (unpaired) electrons. The fourth-order valence-corrected chi connectivity index (χ4v) is 2.33. The lowest BCUT2D eigenvalue weighted by Gasteiger charge is -2.11. The summed E-state index contributed by atoms with van der Waals surface area (Å²) in [6, 6.07) is 9.49. The van der Waals surface area contributed by atoms with Gasteiger partial charge in [-0.3, -0.25) is 4.98 Å². The third-order valence-electron chi connectivity index (χ3n) is 3.36. The van der Waals surface area contributed by atoms with Gasteiger partial charge in [-0.05, 0) is 25.0 Å². The summed E-state index contributed by atoms with van der Waals surface area (Å²) in [4.78, 5) is 16.1. The number of carbonyl (C=O) groups excluding carboxylic acids is 1. The molecule has 0 bridgehead atoms. The van der Waals surface area contributed by atoms with Crippen LogP contribution in [0.2, 0.25) is 0 Å². The SMILES string of the molecule is O=C(NCC1CCCO1)Nc1cnc2ccccc2c1. The largest absolute Gasteiger partial charge is 0.376 e. The lowest BCUT2D eigenvalue weighted by Crippen LogP contribution is -2.35. The molecule has 5 nitrogen and oxygen atoms in total. The number of para-hydroxylation sites is 1. The number of pyridine rings is 1. The summed E-state index contributed by atoms with van der Waals surface area (Å²) in [7, 11) is 0. The maximum Gasteiger partial charge on any atom is 0.319 e. The normalized spacial score (nSPS) is 18.1. The van der Waals surface area contributed by atoms with Gasteiger partial charge in [-0.2, -0.15) is 0 Å². The van der Waals surface area contributed by atoms with Crippen LogP contribution < -0.4 is 10.6 Å². The fourth-order valence-electron chi connectivity index (χ4n) is 2.33. The second-order valence-electron chi connectivity index (χ2n) is 4.89. The maximum atomic E-state index is 11.8. The molecule has 0 aliphatic carbocycles. The van der Waals surface area contributed by atoms with Crippen molar-refractivity contribution >= 4 is 22.6 Å². The summed E-state index contributed by atoms with van der Waals surface area (Å²) in [5, 5.41) is 6.61. The van der Waals surface area contributed by atoms with Gasteiger partial charge in [0.2, 0.25) is 0 Å². The molecule has 2 N–H and O–H groups in total. The molecule has 0 saturated carbocycles. The van der Waals surface area contributed by atoms with Crippen molar-refractivity contribution in [1.82, 2.24) is 10.3 Å². The van der Waals surface area contributed by atoms with E-state index in [-0.39, 0.29) is 12.1 Å². The number of amides is 2. The number of nitrogens with zero attached hydrogens (tertiary/aromatic N) is 1. The van der Waals surface area contributed by atoms with Crippen LogP contribution in [0, 0.1) is 0 Å². The Morgan fingerprint density at radius 1 is 1.40 bits per heavy atom. The molecule has 1 aliphatic heterocycles. The van der Waals surface area contributed by atoms with E-state index in [0.717, 1.165) is 30.4 Å². The van der Waals surface area contributed by atoms with E-state index in [1.54, 1.807) is 6.20 Å². The van der Waals surface area contributed by atoms with Gasteiger partial charge in [-0.1, -0.05) is 18.2 Å². The van der Waals surface area contributed by atoms with E-state index >= 15 is 0 Å². The Kier molecular flexibility index (Phi) is 3.78. The van der Waals surface area contributed by atoms with Crippen molar-refractivity contribution in [2.24, 2.45) is 0 Å². The lowest BCUT2D eigenvalue weighted by molar-refractivity contribution is 0.112. The van der Waals surface area contributed by atoms with Crippen LogP contribution in [-0.2, 0) is 4.74 Å². The summed E-state index contributed by atoms with van der Waals surface area (Å²) < 4.78 is 5.46. The molecule has 1 atom stereocenters. The van der Waals surface area contributed by atoms with Crippen LogP contribution in [0.3, 0.4) is 0 Å². The van der Waals surface area contributed by atoms with Crippen molar-refractivity contribution in [3.63, 3.8) is 0 Å². The molecule has 1 aliphatic rings. The van der Waals surface area contributed by atoms with Crippen LogP contribution in [0.1, 0.15) is 12.8 Å². The van der Waals surface area contributed by atoms with Gasteiger partial charge >= 0.3 is 6.03 Å². The van der Waals surface area contributed by atoms with E-state index in [0.29, 0.717) is 12.2 Å². The number of rotatable bonds is 3. The van der Waals surface area contributed by atoms with Crippen LogP contribution in [0.5, 0.6) is 0 Å². The van der Waals surface area contributed by atoms with Crippen LogP contribution in [-0.4, -0.2) is 30.3 Å². The summed E-state index contributed by atoms with van der Waals surface area (Å²) in [6.45, 7) is 1.34. The highest BCUT2D eigenvalue weighted by atomic mass is 16.5. The van der Waals surface area contributed by atoms with Crippen LogP contribution >= 0.6 is 0 Å². The zero-order chi connectivity index (χ0) is 13.8. The molecule has 1 fully saturated rings. The Bertz CT molecular complexity index is 609. The van der Waals surface area contributed by atoms with E-state index in [2.05, 4.69) is 15.6 Å². The average molecular weight is 271 g/mol. The highest BCUT2D eigenvalue weighted by molar-refractivity contribution is 5.91. The molecule has 5 heteroatoms. The molecule has 104 valence electrons. The zero-order valence-electron chi connectivity index (χ0n) is 11.1. The fraction of sp³-hybridized carbons (Fsp3) is 0.333. The Morgan fingerprint density at radius 2 is 2.30 bits per heavy atom. The Hall–Kier alpha value is -2.14. The number of aromatic nitrogens is 1. The predicted octanol–water partition coefficient (Wildman–Crippen LogP) is 2.54. The molecule has 1 saturated heterocycles. The van der Waals surface area contributed by atoms with Crippen molar-refractivity contribution in [3.8, 4) is 0 Å². The number of fused-ring (bicyclic) bond motifs is 1. The molecule has 2 amide bonds. The number of ether oxygens (including phenoxy) is 1. The molecule has 20 heavy (non-hydrogen) atoms. The summed E-state index contributed by atoms with van der Waals surface area (Å²) >= 11 is 0. The minimum atomic E-state index is -0.224. The van der Waals surface area contributed by atoms with Crippen molar-refractivity contribution in [1.29, 1.82) is 0 Å². The first-order valence-corrected chi connectivity index (χ1v) is 6.82. The quantitative estimate of drug-likeness (QED) is 0.901. The molecule has 1 unspecified atom stereocenters.